The highest BCUT2D eigenvalue weighted by molar-refractivity contribution is 5.67. The van der Waals surface area contributed by atoms with E-state index in [0.717, 1.165) is 0 Å². The molecule has 0 radical (unpaired) electrons. The Bertz CT molecular complexity index is 574. The second-order valence-electron chi connectivity index (χ2n) is 4.33. The Morgan fingerprint density at radius 2 is 2.20 bits per heavy atom. The third-order valence-corrected chi connectivity index (χ3v) is 2.63. The summed E-state index contributed by atoms with van der Waals surface area (Å²) in [4.78, 5) is 21.5. The Morgan fingerprint density at radius 1 is 1.40 bits per heavy atom. The van der Waals surface area contributed by atoms with Crippen LogP contribution in [0.1, 0.15) is 32.0 Å². The molecule has 0 spiro atoms. The molecule has 0 bridgehead atoms. The van der Waals surface area contributed by atoms with Gasteiger partial charge in [0.1, 0.15) is 18.1 Å². The van der Waals surface area contributed by atoms with Crippen LogP contribution in [0.25, 0.3) is 0 Å². The molecule has 0 aromatic carbocycles. The largest absolute Gasteiger partial charge is 0.459 e. The number of carbonyl (C=O) groups is 2. The molecule has 1 aromatic heterocycles. The first-order chi connectivity index (χ1) is 9.54. The number of hydrogen-bond acceptors (Lipinski definition) is 6. The van der Waals surface area contributed by atoms with Crippen molar-refractivity contribution in [2.45, 2.75) is 32.9 Å². The lowest BCUT2D eigenvalue weighted by molar-refractivity contribution is -0.142. The maximum absolute atomic E-state index is 10.8. The first-order valence-corrected chi connectivity index (χ1v) is 6.15. The highest BCUT2D eigenvalue weighted by atomic mass is 16.5. The van der Waals surface area contributed by atoms with Gasteiger partial charge in [-0.1, -0.05) is 11.3 Å². The van der Waals surface area contributed by atoms with E-state index in [4.69, 9.17) is 9.47 Å². The van der Waals surface area contributed by atoms with Crippen LogP contribution < -0.4 is 0 Å². The Labute approximate surface area is 115 Å². The molecule has 0 amide bonds. The summed E-state index contributed by atoms with van der Waals surface area (Å²) in [5.41, 5.74) is 0.586. The molecule has 0 saturated heterocycles. The maximum Gasteiger partial charge on any atom is 0.308 e. The minimum atomic E-state index is -0.355. The fraction of sp³-hybridized carbons (Fsp3) is 0.385. The van der Waals surface area contributed by atoms with Crippen molar-refractivity contribution in [2.75, 3.05) is 0 Å². The predicted molar refractivity (Wildman–Crippen MR) is 68.1 cm³/mol. The van der Waals surface area contributed by atoms with Crippen LogP contribution in [-0.2, 0) is 25.7 Å². The van der Waals surface area contributed by atoms with E-state index < -0.39 is 0 Å². The number of allylic oxidation sites excluding steroid dienone is 3. The zero-order chi connectivity index (χ0) is 14.5. The highest BCUT2D eigenvalue weighted by Gasteiger charge is 2.14. The first-order valence-electron chi connectivity index (χ1n) is 6.15. The van der Waals surface area contributed by atoms with Crippen molar-refractivity contribution in [3.63, 3.8) is 0 Å². The van der Waals surface area contributed by atoms with Crippen LogP contribution in [0.4, 0.5) is 0 Å². The molecule has 106 valence electrons. The zero-order valence-electron chi connectivity index (χ0n) is 11.3. The summed E-state index contributed by atoms with van der Waals surface area (Å²) in [6.45, 7) is 2.81. The molecule has 1 aliphatic rings. The van der Waals surface area contributed by atoms with Crippen LogP contribution in [0.2, 0.25) is 0 Å². The lowest BCUT2D eigenvalue weighted by Crippen LogP contribution is -2.10. The molecule has 7 nitrogen and oxygen atoms in total. The Morgan fingerprint density at radius 3 is 2.80 bits per heavy atom. The topological polar surface area (TPSA) is 83.3 Å². The van der Waals surface area contributed by atoms with Gasteiger partial charge in [0.15, 0.2) is 0 Å². The van der Waals surface area contributed by atoms with Crippen molar-refractivity contribution in [1.82, 2.24) is 15.0 Å². The molecule has 7 heteroatoms. The molecule has 1 aliphatic carbocycles. The van der Waals surface area contributed by atoms with Crippen LogP contribution in [0, 0.1) is 0 Å². The smallest absolute Gasteiger partial charge is 0.308 e. The molecule has 1 aromatic rings. The van der Waals surface area contributed by atoms with Crippen molar-refractivity contribution in [2.24, 2.45) is 0 Å². The van der Waals surface area contributed by atoms with Gasteiger partial charge in [0, 0.05) is 13.8 Å². The molecule has 1 atom stereocenters. The number of esters is 2. The van der Waals surface area contributed by atoms with Gasteiger partial charge in [-0.3, -0.25) is 9.59 Å². The van der Waals surface area contributed by atoms with E-state index in [0.29, 0.717) is 17.9 Å². The van der Waals surface area contributed by atoms with Crippen LogP contribution in [0.5, 0.6) is 0 Å². The molecule has 1 heterocycles. The standard InChI is InChI=1S/C13H15N3O4/c1-9(17)19-8-11-7-16(15-14-11)12-3-5-13(6-4-12)20-10(2)18/h3,5-7,12H,4,8H2,1-2H3/t12-/m0/s1. The molecule has 2 rings (SSSR count). The third kappa shape index (κ3) is 3.78. The average molecular weight is 277 g/mol. The van der Waals surface area contributed by atoms with Gasteiger partial charge in [-0.05, 0) is 18.6 Å². The molecule has 0 unspecified atom stereocenters. The SMILES string of the molecule is CC(=O)OCc1cn([C@H]2C=CC(OC(C)=O)=CC2)nn1. The second-order valence-corrected chi connectivity index (χ2v) is 4.33. The van der Waals surface area contributed by atoms with E-state index in [1.54, 1.807) is 17.0 Å². The molecule has 0 N–H and O–H groups in total. The lowest BCUT2D eigenvalue weighted by atomic mass is 10.1. The van der Waals surface area contributed by atoms with E-state index in [1.165, 1.54) is 13.8 Å². The molecule has 0 aliphatic heterocycles. The molecular formula is C13H15N3O4. The van der Waals surface area contributed by atoms with Crippen LogP contribution >= 0.6 is 0 Å². The maximum atomic E-state index is 10.8. The third-order valence-electron chi connectivity index (χ3n) is 2.63. The Kier molecular flexibility index (Phi) is 4.29. The predicted octanol–water partition coefficient (Wildman–Crippen LogP) is 1.29. The minimum absolute atomic E-state index is 0.00730. The first kappa shape index (κ1) is 14.0. The fourth-order valence-electron chi connectivity index (χ4n) is 1.74. The monoisotopic (exact) mass is 277 g/mol. The van der Waals surface area contributed by atoms with Crippen molar-refractivity contribution in [3.05, 3.63) is 35.9 Å². The van der Waals surface area contributed by atoms with Crippen molar-refractivity contribution in [3.8, 4) is 0 Å². The van der Waals surface area contributed by atoms with Gasteiger partial charge >= 0.3 is 11.9 Å². The number of nitrogens with zero attached hydrogens (tertiary/aromatic N) is 3. The Hall–Kier alpha value is -2.44. The van der Waals surface area contributed by atoms with Gasteiger partial charge in [0.05, 0.1) is 12.2 Å². The highest BCUT2D eigenvalue weighted by Crippen LogP contribution is 2.21. The molecule has 0 saturated carbocycles. The van der Waals surface area contributed by atoms with Gasteiger partial charge in [-0.15, -0.1) is 5.10 Å². The van der Waals surface area contributed by atoms with Crippen LogP contribution in [0.15, 0.2) is 30.2 Å². The summed E-state index contributed by atoms with van der Waals surface area (Å²) in [5.74, 6) is -0.163. The number of ether oxygens (including phenoxy) is 2. The number of rotatable bonds is 4. The van der Waals surface area contributed by atoms with E-state index in [9.17, 15) is 9.59 Å². The second kappa shape index (κ2) is 6.14. The fourth-order valence-corrected chi connectivity index (χ4v) is 1.74. The number of hydrogen-bond donors (Lipinski definition) is 0. The summed E-state index contributed by atoms with van der Waals surface area (Å²) in [6, 6.07) is 0.00730. The average Bonchev–Trinajstić information content (AvgIpc) is 2.85. The summed E-state index contributed by atoms with van der Waals surface area (Å²) in [7, 11) is 0. The van der Waals surface area contributed by atoms with Gasteiger partial charge in [-0.25, -0.2) is 4.68 Å². The van der Waals surface area contributed by atoms with E-state index in [1.807, 2.05) is 12.2 Å². The molecular weight excluding hydrogens is 262 g/mol. The number of aromatic nitrogens is 3. The van der Waals surface area contributed by atoms with Crippen LogP contribution in [0.3, 0.4) is 0 Å². The summed E-state index contributed by atoms with van der Waals surface area (Å²) < 4.78 is 11.5. The number of carbonyl (C=O) groups excluding carboxylic acids is 2. The molecule has 20 heavy (non-hydrogen) atoms. The quantitative estimate of drug-likeness (QED) is 0.771. The van der Waals surface area contributed by atoms with Gasteiger partial charge in [0.25, 0.3) is 0 Å². The minimum Gasteiger partial charge on any atom is -0.459 e. The molecule has 0 fully saturated rings. The normalized spacial score (nSPS) is 17.5. The van der Waals surface area contributed by atoms with Gasteiger partial charge in [0.2, 0.25) is 0 Å². The van der Waals surface area contributed by atoms with Crippen LogP contribution in [-0.4, -0.2) is 26.9 Å². The zero-order valence-corrected chi connectivity index (χ0v) is 11.3. The Balaban J connectivity index is 1.94. The summed E-state index contributed by atoms with van der Waals surface area (Å²) >= 11 is 0. The summed E-state index contributed by atoms with van der Waals surface area (Å²) in [5, 5.41) is 7.92. The van der Waals surface area contributed by atoms with Crippen molar-refractivity contribution in [1.29, 1.82) is 0 Å². The lowest BCUT2D eigenvalue weighted by Gasteiger charge is -2.15. The summed E-state index contributed by atoms with van der Waals surface area (Å²) in [6.07, 6.45) is 7.79. The van der Waals surface area contributed by atoms with E-state index in [-0.39, 0.29) is 24.6 Å². The van der Waals surface area contributed by atoms with Crippen molar-refractivity contribution >= 4 is 11.9 Å². The van der Waals surface area contributed by atoms with E-state index >= 15 is 0 Å². The van der Waals surface area contributed by atoms with E-state index in [2.05, 4.69) is 10.3 Å². The van der Waals surface area contributed by atoms with Gasteiger partial charge < -0.3 is 9.47 Å². The van der Waals surface area contributed by atoms with Crippen molar-refractivity contribution < 1.29 is 19.1 Å². The van der Waals surface area contributed by atoms with Gasteiger partial charge in [-0.2, -0.15) is 0 Å².